The Morgan fingerprint density at radius 2 is 1.94 bits per heavy atom. The van der Waals surface area contributed by atoms with Crippen molar-refractivity contribution in [3.8, 4) is 0 Å². The summed E-state index contributed by atoms with van der Waals surface area (Å²) in [5, 5.41) is 2.49. The Morgan fingerprint density at radius 3 is 2.53 bits per heavy atom. The molecule has 1 heterocycles. The number of carbonyl (C=O) groups is 1. The van der Waals surface area contributed by atoms with Crippen molar-refractivity contribution in [2.75, 3.05) is 0 Å². The van der Waals surface area contributed by atoms with Crippen molar-refractivity contribution < 1.29 is 18.0 Å². The summed E-state index contributed by atoms with van der Waals surface area (Å²) in [7, 11) is 0. The van der Waals surface area contributed by atoms with Crippen molar-refractivity contribution in [3.63, 3.8) is 0 Å². The first-order valence-corrected chi connectivity index (χ1v) is 4.92. The van der Waals surface area contributed by atoms with Gasteiger partial charge in [-0.15, -0.1) is 0 Å². The Balaban J connectivity index is 2.04. The summed E-state index contributed by atoms with van der Waals surface area (Å²) in [6.07, 6.45) is 1.48. The number of benzene rings is 1. The summed E-state index contributed by atoms with van der Waals surface area (Å²) in [6, 6.07) is 6.03. The number of hydrogen-bond donors (Lipinski definition) is 1. The highest BCUT2D eigenvalue weighted by molar-refractivity contribution is 5.94. The van der Waals surface area contributed by atoms with Gasteiger partial charge in [-0.3, -0.25) is 4.79 Å². The van der Waals surface area contributed by atoms with E-state index in [-0.39, 0.29) is 12.1 Å². The van der Waals surface area contributed by atoms with Crippen LogP contribution in [0.4, 0.5) is 8.78 Å². The molecule has 0 fully saturated rings. The van der Waals surface area contributed by atoms with Crippen LogP contribution in [0, 0.1) is 11.6 Å². The zero-order chi connectivity index (χ0) is 12.3. The Hall–Kier alpha value is -2.17. The number of rotatable bonds is 3. The van der Waals surface area contributed by atoms with Gasteiger partial charge in [0.15, 0.2) is 0 Å². The van der Waals surface area contributed by atoms with Gasteiger partial charge in [0.05, 0.1) is 12.8 Å². The van der Waals surface area contributed by atoms with E-state index in [1.165, 1.54) is 6.26 Å². The number of nitrogens with one attached hydrogen (secondary N) is 1. The number of carbonyl (C=O) groups excluding carboxylic acids is 1. The number of halogens is 2. The van der Waals surface area contributed by atoms with Crippen LogP contribution in [0.3, 0.4) is 0 Å². The average Bonchev–Trinajstić information content (AvgIpc) is 2.77. The first-order chi connectivity index (χ1) is 8.15. The molecule has 2 aromatic rings. The summed E-state index contributed by atoms with van der Waals surface area (Å²) in [4.78, 5) is 11.6. The summed E-state index contributed by atoms with van der Waals surface area (Å²) >= 11 is 0. The lowest BCUT2D eigenvalue weighted by Crippen LogP contribution is -2.22. The van der Waals surface area contributed by atoms with Crippen LogP contribution in [0.25, 0.3) is 0 Å². The maximum Gasteiger partial charge on any atom is 0.251 e. The van der Waals surface area contributed by atoms with E-state index in [1.807, 2.05) is 0 Å². The van der Waals surface area contributed by atoms with Crippen molar-refractivity contribution in [3.05, 3.63) is 59.6 Å². The van der Waals surface area contributed by atoms with Crippen molar-refractivity contribution >= 4 is 5.91 Å². The monoisotopic (exact) mass is 237 g/mol. The molecular weight excluding hydrogens is 228 g/mol. The lowest BCUT2D eigenvalue weighted by molar-refractivity contribution is 0.0947. The van der Waals surface area contributed by atoms with Crippen LogP contribution in [0.1, 0.15) is 16.1 Å². The van der Waals surface area contributed by atoms with E-state index < -0.39 is 17.5 Å². The van der Waals surface area contributed by atoms with Gasteiger partial charge < -0.3 is 9.73 Å². The van der Waals surface area contributed by atoms with Gasteiger partial charge in [-0.2, -0.15) is 0 Å². The lowest BCUT2D eigenvalue weighted by Gasteiger charge is -2.03. The third-order valence-electron chi connectivity index (χ3n) is 2.13. The van der Waals surface area contributed by atoms with E-state index in [0.717, 1.165) is 12.1 Å². The second-order valence-electron chi connectivity index (χ2n) is 3.42. The normalized spacial score (nSPS) is 10.2. The van der Waals surface area contributed by atoms with Crippen LogP contribution < -0.4 is 5.32 Å². The molecule has 2 rings (SSSR count). The minimum absolute atomic E-state index is 0.0611. The fraction of sp³-hybridized carbons (Fsp3) is 0.0833. The molecular formula is C12H9F2NO2. The van der Waals surface area contributed by atoms with Gasteiger partial charge in [0.2, 0.25) is 0 Å². The van der Waals surface area contributed by atoms with E-state index in [0.29, 0.717) is 11.8 Å². The molecule has 5 heteroatoms. The Morgan fingerprint density at radius 1 is 1.24 bits per heavy atom. The van der Waals surface area contributed by atoms with Crippen LogP contribution in [-0.4, -0.2) is 5.91 Å². The third kappa shape index (κ3) is 2.90. The summed E-state index contributed by atoms with van der Waals surface area (Å²) < 4.78 is 30.7. The molecule has 0 saturated heterocycles. The molecule has 0 aliphatic rings. The van der Waals surface area contributed by atoms with Crippen LogP contribution >= 0.6 is 0 Å². The van der Waals surface area contributed by atoms with Gasteiger partial charge in [-0.25, -0.2) is 8.78 Å². The molecule has 1 aromatic carbocycles. The van der Waals surface area contributed by atoms with Gasteiger partial charge in [-0.1, -0.05) is 0 Å². The van der Waals surface area contributed by atoms with E-state index in [2.05, 4.69) is 5.32 Å². The largest absolute Gasteiger partial charge is 0.467 e. The molecule has 88 valence electrons. The molecule has 17 heavy (non-hydrogen) atoms. The quantitative estimate of drug-likeness (QED) is 0.891. The number of furan rings is 1. The van der Waals surface area contributed by atoms with Gasteiger partial charge in [0.1, 0.15) is 17.4 Å². The second-order valence-corrected chi connectivity index (χ2v) is 3.42. The fourth-order valence-electron chi connectivity index (χ4n) is 1.37. The smallest absolute Gasteiger partial charge is 0.251 e. The van der Waals surface area contributed by atoms with Crippen molar-refractivity contribution in [1.82, 2.24) is 5.32 Å². The van der Waals surface area contributed by atoms with Gasteiger partial charge in [0, 0.05) is 11.6 Å². The van der Waals surface area contributed by atoms with E-state index in [4.69, 9.17) is 4.42 Å². The van der Waals surface area contributed by atoms with Crippen molar-refractivity contribution in [1.29, 1.82) is 0 Å². The summed E-state index contributed by atoms with van der Waals surface area (Å²) in [5.41, 5.74) is -0.0611. The fourth-order valence-corrected chi connectivity index (χ4v) is 1.37. The highest BCUT2D eigenvalue weighted by atomic mass is 19.1. The second kappa shape index (κ2) is 4.78. The molecule has 1 amide bonds. The molecule has 0 atom stereocenters. The maximum absolute atomic E-state index is 12.9. The van der Waals surface area contributed by atoms with Crippen molar-refractivity contribution in [2.24, 2.45) is 0 Å². The molecule has 0 bridgehead atoms. The molecule has 0 saturated carbocycles. The third-order valence-corrected chi connectivity index (χ3v) is 2.13. The Kier molecular flexibility index (Phi) is 3.18. The lowest BCUT2D eigenvalue weighted by atomic mass is 10.2. The van der Waals surface area contributed by atoms with Gasteiger partial charge in [-0.05, 0) is 24.3 Å². The average molecular weight is 237 g/mol. The minimum atomic E-state index is -0.784. The van der Waals surface area contributed by atoms with Crippen LogP contribution in [0.15, 0.2) is 41.0 Å². The predicted octanol–water partition coefficient (Wildman–Crippen LogP) is 2.49. The molecule has 0 spiro atoms. The molecule has 3 nitrogen and oxygen atoms in total. The maximum atomic E-state index is 12.9. The topological polar surface area (TPSA) is 42.2 Å². The minimum Gasteiger partial charge on any atom is -0.467 e. The summed E-state index contributed by atoms with van der Waals surface area (Å²) in [5.74, 6) is -1.56. The number of amides is 1. The molecule has 0 aliphatic carbocycles. The molecule has 0 aliphatic heterocycles. The first kappa shape index (κ1) is 11.3. The predicted molar refractivity (Wildman–Crippen MR) is 56.2 cm³/mol. The highest BCUT2D eigenvalue weighted by Gasteiger charge is 2.09. The SMILES string of the molecule is O=C(NCc1ccco1)c1cc(F)cc(F)c1. The Bertz CT molecular complexity index is 503. The van der Waals surface area contributed by atoms with E-state index in [1.54, 1.807) is 12.1 Å². The van der Waals surface area contributed by atoms with E-state index >= 15 is 0 Å². The molecule has 0 unspecified atom stereocenters. The summed E-state index contributed by atoms with van der Waals surface area (Å²) in [6.45, 7) is 0.171. The number of hydrogen-bond acceptors (Lipinski definition) is 2. The van der Waals surface area contributed by atoms with Crippen LogP contribution in [-0.2, 0) is 6.54 Å². The molecule has 1 aromatic heterocycles. The van der Waals surface area contributed by atoms with Crippen molar-refractivity contribution in [2.45, 2.75) is 6.54 Å². The Labute approximate surface area is 96.1 Å². The van der Waals surface area contributed by atoms with Crippen LogP contribution in [0.5, 0.6) is 0 Å². The van der Waals surface area contributed by atoms with E-state index in [9.17, 15) is 13.6 Å². The molecule has 0 radical (unpaired) electrons. The highest BCUT2D eigenvalue weighted by Crippen LogP contribution is 2.08. The van der Waals surface area contributed by atoms with Gasteiger partial charge >= 0.3 is 0 Å². The molecule has 1 N–H and O–H groups in total. The van der Waals surface area contributed by atoms with Gasteiger partial charge in [0.25, 0.3) is 5.91 Å². The first-order valence-electron chi connectivity index (χ1n) is 4.92. The zero-order valence-electron chi connectivity index (χ0n) is 8.74. The zero-order valence-corrected chi connectivity index (χ0v) is 8.74. The van der Waals surface area contributed by atoms with Crippen LogP contribution in [0.2, 0.25) is 0 Å². The standard InChI is InChI=1S/C12H9F2NO2/c13-9-4-8(5-10(14)6-9)12(16)15-7-11-2-1-3-17-11/h1-6H,7H2,(H,15,16).